The number of carbonyl (C=O) groups excluding carboxylic acids is 2. The van der Waals surface area contributed by atoms with Crippen LogP contribution in [0.1, 0.15) is 26.3 Å². The van der Waals surface area contributed by atoms with Crippen molar-refractivity contribution >= 4 is 39.9 Å². The number of benzene rings is 1. The fraction of sp³-hybridized carbons (Fsp3) is 0.294. The molecule has 1 aliphatic heterocycles. The molecular weight excluding hydrogens is 296 g/mol. The monoisotopic (exact) mass is 314 g/mol. The van der Waals surface area contributed by atoms with Gasteiger partial charge in [-0.2, -0.15) is 0 Å². The van der Waals surface area contributed by atoms with Crippen LogP contribution in [0.15, 0.2) is 35.4 Å². The molecule has 0 bridgehead atoms. The minimum absolute atomic E-state index is 0.115. The molecule has 0 aliphatic carbocycles. The summed E-state index contributed by atoms with van der Waals surface area (Å²) in [4.78, 5) is 26.2. The van der Waals surface area contributed by atoms with Crippen LogP contribution in [0.3, 0.4) is 0 Å². The van der Waals surface area contributed by atoms with Gasteiger partial charge in [0, 0.05) is 35.2 Å². The molecule has 0 N–H and O–H groups in total. The maximum absolute atomic E-state index is 12.4. The summed E-state index contributed by atoms with van der Waals surface area (Å²) in [7, 11) is 0. The van der Waals surface area contributed by atoms with Crippen LogP contribution in [0.5, 0.6) is 0 Å². The number of hydrogen-bond donors (Lipinski definition) is 0. The van der Waals surface area contributed by atoms with Crippen LogP contribution in [0, 0.1) is 0 Å². The van der Waals surface area contributed by atoms with Gasteiger partial charge in [0.1, 0.15) is 0 Å². The Hall–Kier alpha value is -2.01. The SMILES string of the molecule is CCn1cc(/C=C2\SC(=O)N(C(C)C)C2=O)c2ccccc21. The van der Waals surface area contributed by atoms with Crippen LogP contribution in [0.2, 0.25) is 0 Å². The zero-order valence-corrected chi connectivity index (χ0v) is 13.7. The second-order valence-corrected chi connectivity index (χ2v) is 6.53. The first-order chi connectivity index (χ1) is 10.5. The Morgan fingerprint density at radius 3 is 2.59 bits per heavy atom. The molecule has 5 heteroatoms. The number of para-hydroxylation sites is 1. The molecule has 1 saturated heterocycles. The summed E-state index contributed by atoms with van der Waals surface area (Å²) in [6, 6.07) is 7.98. The number of imide groups is 1. The van der Waals surface area contributed by atoms with E-state index in [0.29, 0.717) is 4.91 Å². The van der Waals surface area contributed by atoms with E-state index < -0.39 is 0 Å². The van der Waals surface area contributed by atoms with Crippen LogP contribution in [0.25, 0.3) is 17.0 Å². The number of fused-ring (bicyclic) bond motifs is 1. The van der Waals surface area contributed by atoms with E-state index in [4.69, 9.17) is 0 Å². The second-order valence-electron chi connectivity index (χ2n) is 5.53. The summed E-state index contributed by atoms with van der Waals surface area (Å²) in [6.07, 6.45) is 3.87. The van der Waals surface area contributed by atoms with Gasteiger partial charge in [-0.25, -0.2) is 0 Å². The third kappa shape index (κ3) is 2.35. The first-order valence-corrected chi connectivity index (χ1v) is 8.19. The number of nitrogens with zero attached hydrogens (tertiary/aromatic N) is 2. The summed E-state index contributed by atoms with van der Waals surface area (Å²) in [5, 5.41) is 0.908. The van der Waals surface area contributed by atoms with Crippen molar-refractivity contribution in [2.75, 3.05) is 0 Å². The number of aryl methyl sites for hydroxylation is 1. The predicted molar refractivity (Wildman–Crippen MR) is 90.6 cm³/mol. The Morgan fingerprint density at radius 1 is 1.23 bits per heavy atom. The minimum Gasteiger partial charge on any atom is -0.347 e. The normalized spacial score (nSPS) is 17.5. The largest absolute Gasteiger partial charge is 0.347 e. The van der Waals surface area contributed by atoms with Crippen LogP contribution >= 0.6 is 11.8 Å². The topological polar surface area (TPSA) is 42.3 Å². The molecule has 1 fully saturated rings. The standard InChI is InChI=1S/C17H18N2O2S/c1-4-18-10-12(13-7-5-6-8-14(13)18)9-15-16(20)19(11(2)3)17(21)22-15/h5-11H,4H2,1-3H3/b15-9-. The molecule has 1 aromatic carbocycles. The highest BCUT2D eigenvalue weighted by Crippen LogP contribution is 2.35. The number of aromatic nitrogens is 1. The van der Waals surface area contributed by atoms with E-state index in [9.17, 15) is 9.59 Å². The summed E-state index contributed by atoms with van der Waals surface area (Å²) in [6.45, 7) is 6.65. The van der Waals surface area contributed by atoms with Crippen molar-refractivity contribution in [3.8, 4) is 0 Å². The zero-order chi connectivity index (χ0) is 15.9. The van der Waals surface area contributed by atoms with Gasteiger partial charge in [0.2, 0.25) is 0 Å². The van der Waals surface area contributed by atoms with Gasteiger partial charge in [-0.3, -0.25) is 14.5 Å². The lowest BCUT2D eigenvalue weighted by molar-refractivity contribution is -0.123. The molecule has 1 aliphatic rings. The molecule has 4 nitrogen and oxygen atoms in total. The Balaban J connectivity index is 2.07. The second kappa shape index (κ2) is 5.65. The van der Waals surface area contributed by atoms with Gasteiger partial charge in [0.25, 0.3) is 11.1 Å². The first kappa shape index (κ1) is 14.9. The van der Waals surface area contributed by atoms with Crippen molar-refractivity contribution in [1.82, 2.24) is 9.47 Å². The van der Waals surface area contributed by atoms with Crippen molar-refractivity contribution in [3.63, 3.8) is 0 Å². The average Bonchev–Trinajstić information content (AvgIpc) is 2.98. The molecule has 2 heterocycles. The third-order valence-corrected chi connectivity index (χ3v) is 4.67. The summed E-state index contributed by atoms with van der Waals surface area (Å²) >= 11 is 1.02. The molecule has 3 rings (SSSR count). The maximum atomic E-state index is 12.4. The molecular formula is C17H18N2O2S. The van der Waals surface area contributed by atoms with Crippen molar-refractivity contribution in [2.24, 2.45) is 0 Å². The third-order valence-electron chi connectivity index (χ3n) is 3.79. The van der Waals surface area contributed by atoms with Gasteiger partial charge in [-0.05, 0) is 44.7 Å². The zero-order valence-electron chi connectivity index (χ0n) is 12.9. The highest BCUT2D eigenvalue weighted by Gasteiger charge is 2.36. The fourth-order valence-corrected chi connectivity index (χ4v) is 3.67. The van der Waals surface area contributed by atoms with Gasteiger partial charge >= 0.3 is 0 Å². The molecule has 22 heavy (non-hydrogen) atoms. The number of amides is 2. The van der Waals surface area contributed by atoms with Crippen LogP contribution in [-0.4, -0.2) is 26.7 Å². The lowest BCUT2D eigenvalue weighted by Crippen LogP contribution is -2.34. The Kier molecular flexibility index (Phi) is 3.83. The number of rotatable bonds is 3. The van der Waals surface area contributed by atoms with Crippen molar-refractivity contribution in [2.45, 2.75) is 33.4 Å². The van der Waals surface area contributed by atoms with Gasteiger partial charge in [-0.1, -0.05) is 18.2 Å². The van der Waals surface area contributed by atoms with Crippen LogP contribution < -0.4 is 0 Å². The molecule has 0 spiro atoms. The van der Waals surface area contributed by atoms with E-state index in [0.717, 1.165) is 34.8 Å². The van der Waals surface area contributed by atoms with E-state index in [-0.39, 0.29) is 17.2 Å². The van der Waals surface area contributed by atoms with Crippen molar-refractivity contribution < 1.29 is 9.59 Å². The molecule has 0 radical (unpaired) electrons. The number of thioether (sulfide) groups is 1. The quantitative estimate of drug-likeness (QED) is 0.801. The summed E-state index contributed by atoms with van der Waals surface area (Å²) in [5.41, 5.74) is 2.12. The summed E-state index contributed by atoms with van der Waals surface area (Å²) in [5.74, 6) is -0.196. The van der Waals surface area contributed by atoms with Crippen molar-refractivity contribution in [1.29, 1.82) is 0 Å². The highest BCUT2D eigenvalue weighted by molar-refractivity contribution is 8.18. The molecule has 2 amide bonds. The van der Waals surface area contributed by atoms with Gasteiger partial charge < -0.3 is 4.57 Å². The van der Waals surface area contributed by atoms with Crippen LogP contribution in [-0.2, 0) is 11.3 Å². The Labute approximate surface area is 133 Å². The molecule has 0 unspecified atom stereocenters. The fourth-order valence-electron chi connectivity index (χ4n) is 2.72. The molecule has 0 saturated carbocycles. The van der Waals surface area contributed by atoms with E-state index in [2.05, 4.69) is 17.6 Å². The van der Waals surface area contributed by atoms with E-state index in [1.807, 2.05) is 44.3 Å². The molecule has 114 valence electrons. The van der Waals surface area contributed by atoms with E-state index in [1.165, 1.54) is 4.90 Å². The highest BCUT2D eigenvalue weighted by atomic mass is 32.2. The lowest BCUT2D eigenvalue weighted by Gasteiger charge is -2.16. The smallest absolute Gasteiger partial charge is 0.293 e. The molecule has 2 aromatic rings. The maximum Gasteiger partial charge on any atom is 0.293 e. The first-order valence-electron chi connectivity index (χ1n) is 7.38. The van der Waals surface area contributed by atoms with E-state index in [1.54, 1.807) is 0 Å². The Bertz CT molecular complexity index is 789. The molecule has 1 aromatic heterocycles. The van der Waals surface area contributed by atoms with Gasteiger partial charge in [-0.15, -0.1) is 0 Å². The van der Waals surface area contributed by atoms with E-state index >= 15 is 0 Å². The Morgan fingerprint density at radius 2 is 1.95 bits per heavy atom. The lowest BCUT2D eigenvalue weighted by atomic mass is 10.1. The minimum atomic E-state index is -0.196. The number of hydrogen-bond acceptors (Lipinski definition) is 3. The van der Waals surface area contributed by atoms with Crippen molar-refractivity contribution in [3.05, 3.63) is 40.9 Å². The summed E-state index contributed by atoms with van der Waals surface area (Å²) < 4.78 is 2.15. The predicted octanol–water partition coefficient (Wildman–Crippen LogP) is 4.11. The molecule has 0 atom stereocenters. The number of carbonyl (C=O) groups is 2. The van der Waals surface area contributed by atoms with Gasteiger partial charge in [0.05, 0.1) is 4.91 Å². The van der Waals surface area contributed by atoms with Gasteiger partial charge in [0.15, 0.2) is 0 Å². The van der Waals surface area contributed by atoms with Crippen LogP contribution in [0.4, 0.5) is 4.79 Å². The average molecular weight is 314 g/mol.